The Bertz CT molecular complexity index is 2230. The second-order valence-electron chi connectivity index (χ2n) is 12.4. The van der Waals surface area contributed by atoms with Crippen LogP contribution in [0.1, 0.15) is 31.8 Å². The first kappa shape index (κ1) is 45.2. The van der Waals surface area contributed by atoms with Crippen molar-refractivity contribution in [1.29, 1.82) is 0 Å². The van der Waals surface area contributed by atoms with Gasteiger partial charge in [-0.2, -0.15) is 26.3 Å². The zero-order chi connectivity index (χ0) is 44.3. The third kappa shape index (κ3) is 10.2. The van der Waals surface area contributed by atoms with Crippen LogP contribution in [0.4, 0.5) is 37.7 Å². The quantitative estimate of drug-likeness (QED) is 0.0575. The molecule has 0 spiro atoms. The lowest BCUT2D eigenvalue weighted by Crippen LogP contribution is -2.28. The molecule has 0 radical (unpaired) electrons. The van der Waals surface area contributed by atoms with Crippen LogP contribution in [0.15, 0.2) is 60.7 Å². The van der Waals surface area contributed by atoms with Gasteiger partial charge in [0.05, 0.1) is 21.0 Å². The monoisotopic (exact) mass is 874 g/mol. The Kier molecular flexibility index (Phi) is 13.5. The van der Waals surface area contributed by atoms with E-state index in [4.69, 9.17) is 37.4 Å². The van der Waals surface area contributed by atoms with E-state index in [0.29, 0.717) is 48.5 Å². The zero-order valence-corrected chi connectivity index (χ0v) is 32.0. The Balaban J connectivity index is 2.14. The third-order valence-electron chi connectivity index (χ3n) is 8.09. The fourth-order valence-electron chi connectivity index (χ4n) is 5.13. The molecule has 15 nitrogen and oxygen atoms in total. The first-order valence-electron chi connectivity index (χ1n) is 16.1. The molecule has 312 valence electrons. The molecule has 0 aliphatic heterocycles. The Morgan fingerprint density at radius 2 is 0.949 bits per heavy atom. The van der Waals surface area contributed by atoms with Gasteiger partial charge in [0.25, 0.3) is 23.2 Å². The van der Waals surface area contributed by atoms with Crippen LogP contribution in [-0.2, 0) is 31.4 Å². The van der Waals surface area contributed by atoms with Crippen molar-refractivity contribution < 1.29 is 69.6 Å². The average molecular weight is 876 g/mol. The molecule has 0 saturated heterocycles. The highest BCUT2D eigenvalue weighted by Crippen LogP contribution is 2.49. The summed E-state index contributed by atoms with van der Waals surface area (Å²) in [6.07, 6.45) is -9.93. The van der Waals surface area contributed by atoms with Gasteiger partial charge in [-0.15, -0.1) is 0 Å². The van der Waals surface area contributed by atoms with E-state index < -0.39 is 137 Å². The summed E-state index contributed by atoms with van der Waals surface area (Å²) >= 11 is 12.6. The first-order chi connectivity index (χ1) is 27.3. The number of alkyl halides is 6. The van der Waals surface area contributed by atoms with E-state index in [1.165, 1.54) is 28.2 Å². The maximum Gasteiger partial charge on any atom is 0.416 e. The molecular weight excluding hydrogens is 849 g/mol. The molecule has 4 aromatic carbocycles. The summed E-state index contributed by atoms with van der Waals surface area (Å²) in [6.45, 7) is -1.98. The molecule has 0 aromatic heterocycles. The normalized spacial score (nSPS) is 11.4. The van der Waals surface area contributed by atoms with Crippen molar-refractivity contribution in [2.75, 3.05) is 41.4 Å². The summed E-state index contributed by atoms with van der Waals surface area (Å²) in [5, 5.41) is 23.1. The smallest absolute Gasteiger partial charge is 0.416 e. The standard InChI is InChI=1S/C36H26Cl2F6N4O11/c1-45(2)27(49)15-57-33(51)31-23(47(53)54)9-11-25(29(31)19-7-5-17(13-21(19)37)35(39,40)41)59-26-12-10-24(48(55)56)32(34(52)58-16-28(50)46(3)4)30(26)20-8-6-18(14-22(20)38)36(42,43)44/h5-14H,15-16H2,1-4H3. The van der Waals surface area contributed by atoms with Crippen LogP contribution in [0, 0.1) is 20.2 Å². The highest BCUT2D eigenvalue weighted by molar-refractivity contribution is 6.34. The Hall–Kier alpha value is -6.48. The molecular formula is C36H26Cl2F6N4O11. The van der Waals surface area contributed by atoms with Crippen molar-refractivity contribution >= 4 is 58.3 Å². The summed E-state index contributed by atoms with van der Waals surface area (Å²) in [5.41, 5.74) is -9.32. The number of amides is 2. The second-order valence-corrected chi connectivity index (χ2v) is 13.2. The summed E-state index contributed by atoms with van der Waals surface area (Å²) < 4.78 is 98.2. The van der Waals surface area contributed by atoms with Crippen LogP contribution in [0.3, 0.4) is 0 Å². The predicted molar refractivity (Wildman–Crippen MR) is 195 cm³/mol. The third-order valence-corrected chi connectivity index (χ3v) is 8.72. The highest BCUT2D eigenvalue weighted by atomic mass is 35.5. The van der Waals surface area contributed by atoms with E-state index >= 15 is 0 Å². The van der Waals surface area contributed by atoms with Crippen LogP contribution < -0.4 is 4.74 Å². The van der Waals surface area contributed by atoms with Crippen molar-refractivity contribution in [2.24, 2.45) is 0 Å². The molecule has 0 N–H and O–H groups in total. The van der Waals surface area contributed by atoms with Gasteiger partial charge in [-0.1, -0.05) is 35.3 Å². The van der Waals surface area contributed by atoms with Gasteiger partial charge in [0.1, 0.15) is 22.6 Å². The SMILES string of the molecule is CN(C)C(=O)COC(=O)c1c([N+](=O)[O-])ccc(Oc2ccc([N+](=O)[O-])c(C(=O)OCC(=O)N(C)C)c2-c2ccc(C(F)(F)F)cc2Cl)c1-c1ccc(C(F)(F)F)cc1Cl. The number of rotatable bonds is 12. The fraction of sp³-hybridized carbons (Fsp3) is 0.222. The van der Waals surface area contributed by atoms with E-state index in [0.717, 1.165) is 21.9 Å². The number of carbonyl (C=O) groups is 4. The lowest BCUT2D eigenvalue weighted by atomic mass is 9.94. The number of hydrogen-bond donors (Lipinski definition) is 0. The zero-order valence-electron chi connectivity index (χ0n) is 30.5. The van der Waals surface area contributed by atoms with Gasteiger partial charge < -0.3 is 24.0 Å². The van der Waals surface area contributed by atoms with Crippen LogP contribution in [0.2, 0.25) is 10.0 Å². The summed E-state index contributed by atoms with van der Waals surface area (Å²) in [7, 11) is 5.15. The molecule has 4 aromatic rings. The molecule has 0 atom stereocenters. The first-order valence-corrected chi connectivity index (χ1v) is 16.9. The van der Waals surface area contributed by atoms with Gasteiger partial charge in [0, 0.05) is 72.6 Å². The van der Waals surface area contributed by atoms with Crippen molar-refractivity contribution in [3.05, 3.63) is 113 Å². The number of benzene rings is 4. The molecule has 0 aliphatic rings. The van der Waals surface area contributed by atoms with Crippen molar-refractivity contribution in [3.8, 4) is 33.8 Å². The summed E-state index contributed by atoms with van der Waals surface area (Å²) in [4.78, 5) is 76.3. The predicted octanol–water partition coefficient (Wildman–Crippen LogP) is 8.46. The number of nitro benzene ring substituents is 2. The highest BCUT2D eigenvalue weighted by Gasteiger charge is 2.37. The maximum atomic E-state index is 13.7. The molecule has 0 saturated carbocycles. The molecule has 0 heterocycles. The van der Waals surface area contributed by atoms with Crippen molar-refractivity contribution in [2.45, 2.75) is 12.4 Å². The maximum absolute atomic E-state index is 13.7. The number of likely N-dealkylation sites (N-methyl/N-ethyl adjacent to an activating group) is 2. The lowest BCUT2D eigenvalue weighted by Gasteiger charge is -2.21. The topological polar surface area (TPSA) is 189 Å². The largest absolute Gasteiger partial charge is 0.456 e. The second kappa shape index (κ2) is 17.6. The van der Waals surface area contributed by atoms with Crippen molar-refractivity contribution in [1.82, 2.24) is 9.80 Å². The van der Waals surface area contributed by atoms with E-state index in [2.05, 4.69) is 0 Å². The van der Waals surface area contributed by atoms with Gasteiger partial charge >= 0.3 is 24.3 Å². The Morgan fingerprint density at radius 1 is 0.610 bits per heavy atom. The minimum Gasteiger partial charge on any atom is -0.456 e. The number of carbonyl (C=O) groups excluding carboxylic acids is 4. The Morgan fingerprint density at radius 3 is 1.22 bits per heavy atom. The molecule has 2 amide bonds. The van der Waals surface area contributed by atoms with Gasteiger partial charge in [0.15, 0.2) is 13.2 Å². The van der Waals surface area contributed by atoms with E-state index in [-0.39, 0.29) is 0 Å². The van der Waals surface area contributed by atoms with Gasteiger partial charge in [-0.05, 0) is 36.4 Å². The molecule has 0 bridgehead atoms. The molecule has 4 rings (SSSR count). The Labute approximate surface area is 337 Å². The summed E-state index contributed by atoms with van der Waals surface area (Å²) in [5.74, 6) is -6.20. The van der Waals surface area contributed by atoms with Gasteiger partial charge in [-0.25, -0.2) is 9.59 Å². The molecule has 0 unspecified atom stereocenters. The number of ether oxygens (including phenoxy) is 3. The lowest BCUT2D eigenvalue weighted by molar-refractivity contribution is -0.385. The van der Waals surface area contributed by atoms with Crippen LogP contribution in [0.5, 0.6) is 11.5 Å². The number of esters is 2. The number of nitrogens with zero attached hydrogens (tertiary/aromatic N) is 4. The van der Waals surface area contributed by atoms with E-state index in [9.17, 15) is 65.7 Å². The summed E-state index contributed by atoms with van der Waals surface area (Å²) in [6, 6.07) is 6.23. The van der Waals surface area contributed by atoms with Crippen LogP contribution in [0.25, 0.3) is 22.3 Å². The minimum absolute atomic E-state index is 0.409. The molecule has 0 fully saturated rings. The molecule has 23 heteroatoms. The fourth-order valence-corrected chi connectivity index (χ4v) is 5.68. The minimum atomic E-state index is -4.96. The number of hydrogen-bond acceptors (Lipinski definition) is 11. The van der Waals surface area contributed by atoms with E-state index in [1.807, 2.05) is 0 Å². The van der Waals surface area contributed by atoms with Crippen LogP contribution in [-0.4, -0.2) is 84.8 Å². The molecule has 59 heavy (non-hydrogen) atoms. The molecule has 0 aliphatic carbocycles. The number of nitro groups is 2. The van der Waals surface area contributed by atoms with Gasteiger partial charge in [-0.3, -0.25) is 29.8 Å². The van der Waals surface area contributed by atoms with E-state index in [1.54, 1.807) is 0 Å². The average Bonchev–Trinajstić information content (AvgIpc) is 3.14. The van der Waals surface area contributed by atoms with Gasteiger partial charge in [0.2, 0.25) is 0 Å². The van der Waals surface area contributed by atoms with Crippen LogP contribution >= 0.6 is 23.2 Å². The van der Waals surface area contributed by atoms with Crippen molar-refractivity contribution in [3.63, 3.8) is 0 Å². The number of halogens is 8.